The first kappa shape index (κ1) is 30.0. The molecule has 0 radical (unpaired) electrons. The van der Waals surface area contributed by atoms with Crippen LogP contribution < -0.4 is 9.47 Å². The number of hydrogen-bond acceptors (Lipinski definition) is 4. The van der Waals surface area contributed by atoms with Crippen molar-refractivity contribution in [3.63, 3.8) is 0 Å². The number of fused-ring (bicyclic) bond motifs is 1. The lowest BCUT2D eigenvalue weighted by molar-refractivity contribution is -0.141. The molecule has 0 saturated heterocycles. The number of para-hydroxylation sites is 1. The number of carbonyl (C=O) groups excluding carboxylic acids is 2. The summed E-state index contributed by atoms with van der Waals surface area (Å²) in [6.45, 7) is 0.915. The summed E-state index contributed by atoms with van der Waals surface area (Å²) >= 11 is 0. The van der Waals surface area contributed by atoms with E-state index in [1.807, 2.05) is 107 Å². The highest BCUT2D eigenvalue weighted by Gasteiger charge is 2.38. The minimum atomic E-state index is -0.480. The molecule has 4 aromatic carbocycles. The number of methoxy groups -OCH3 is 2. The smallest absolute Gasteiger partial charge is 0.242 e. The standard InChI is InChI=1S/C38H39N3O4/c1-44-34-20-17-27(23-35(34)45-2)25-40(22-21-30-24-39-33-16-10-9-15-32(30)33)36(42)26-41(31-18-19-31)38(43)37(28-11-5-3-6-12-28)29-13-7-4-8-14-29/h3-17,20,23-24,31,37,39H,18-19,21-22,25-26H2,1-2H3. The van der Waals surface area contributed by atoms with Crippen molar-refractivity contribution in [2.45, 2.75) is 37.8 Å². The van der Waals surface area contributed by atoms with Crippen LogP contribution in [0.25, 0.3) is 10.9 Å². The monoisotopic (exact) mass is 601 g/mol. The Morgan fingerprint density at radius 2 is 1.47 bits per heavy atom. The Kier molecular flexibility index (Phi) is 9.15. The molecule has 5 aromatic rings. The van der Waals surface area contributed by atoms with Crippen LogP contribution in [0.3, 0.4) is 0 Å². The van der Waals surface area contributed by atoms with Gasteiger partial charge in [-0.15, -0.1) is 0 Å². The molecule has 1 N–H and O–H groups in total. The van der Waals surface area contributed by atoms with Crippen LogP contribution in [0.15, 0.2) is 109 Å². The Bertz CT molecular complexity index is 1710. The van der Waals surface area contributed by atoms with Gasteiger partial charge in [0.25, 0.3) is 0 Å². The third-order valence-electron chi connectivity index (χ3n) is 8.59. The zero-order valence-electron chi connectivity index (χ0n) is 25.8. The number of aromatic amines is 1. The number of aromatic nitrogens is 1. The first-order chi connectivity index (χ1) is 22.1. The molecule has 1 heterocycles. The lowest BCUT2D eigenvalue weighted by atomic mass is 9.90. The van der Waals surface area contributed by atoms with Gasteiger partial charge >= 0.3 is 0 Å². The Morgan fingerprint density at radius 3 is 2.11 bits per heavy atom. The van der Waals surface area contributed by atoms with Gasteiger partial charge in [0, 0.05) is 36.2 Å². The van der Waals surface area contributed by atoms with Crippen LogP contribution in [0.5, 0.6) is 11.5 Å². The fourth-order valence-corrected chi connectivity index (χ4v) is 6.04. The zero-order valence-corrected chi connectivity index (χ0v) is 25.8. The SMILES string of the molecule is COc1ccc(CN(CCc2c[nH]c3ccccc23)C(=O)CN(C(=O)C(c2ccccc2)c2ccccc2)C2CC2)cc1OC. The van der Waals surface area contributed by atoms with Crippen LogP contribution in [0.2, 0.25) is 0 Å². The van der Waals surface area contributed by atoms with Crippen LogP contribution >= 0.6 is 0 Å². The Balaban J connectivity index is 1.28. The maximum absolute atomic E-state index is 14.4. The Morgan fingerprint density at radius 1 is 0.822 bits per heavy atom. The largest absolute Gasteiger partial charge is 0.493 e. The van der Waals surface area contributed by atoms with Gasteiger partial charge in [0.2, 0.25) is 11.8 Å². The third kappa shape index (κ3) is 6.88. The van der Waals surface area contributed by atoms with Gasteiger partial charge in [-0.1, -0.05) is 84.9 Å². The number of ether oxygens (including phenoxy) is 2. The first-order valence-corrected chi connectivity index (χ1v) is 15.5. The number of nitrogens with one attached hydrogen (secondary N) is 1. The van der Waals surface area contributed by atoms with Gasteiger partial charge in [-0.25, -0.2) is 0 Å². The molecule has 7 nitrogen and oxygen atoms in total. The van der Waals surface area contributed by atoms with Crippen LogP contribution in [0, 0.1) is 0 Å². The number of nitrogens with zero attached hydrogens (tertiary/aromatic N) is 2. The van der Waals surface area contributed by atoms with Gasteiger partial charge in [-0.05, 0) is 59.7 Å². The van der Waals surface area contributed by atoms with E-state index < -0.39 is 5.92 Å². The second-order valence-electron chi connectivity index (χ2n) is 11.6. The topological polar surface area (TPSA) is 74.9 Å². The molecule has 1 fully saturated rings. The average molecular weight is 602 g/mol. The molecule has 0 unspecified atom stereocenters. The number of benzene rings is 4. The van der Waals surface area contributed by atoms with Gasteiger partial charge in [0.1, 0.15) is 6.54 Å². The predicted molar refractivity (Wildman–Crippen MR) is 176 cm³/mol. The molecule has 6 rings (SSSR count). The lowest BCUT2D eigenvalue weighted by Gasteiger charge is -2.31. The minimum absolute atomic E-state index is 0.0286. The molecule has 1 aromatic heterocycles. The van der Waals surface area contributed by atoms with Crippen molar-refractivity contribution in [2.24, 2.45) is 0 Å². The Labute approximate surface area is 264 Å². The summed E-state index contributed by atoms with van der Waals surface area (Å²) in [5.41, 5.74) is 5.00. The van der Waals surface area contributed by atoms with Gasteiger partial charge in [-0.2, -0.15) is 0 Å². The first-order valence-electron chi connectivity index (χ1n) is 15.5. The molecule has 2 amide bonds. The summed E-state index contributed by atoms with van der Waals surface area (Å²) in [4.78, 5) is 35.7. The van der Waals surface area contributed by atoms with E-state index >= 15 is 0 Å². The van der Waals surface area contributed by atoms with E-state index in [4.69, 9.17) is 9.47 Å². The second kappa shape index (κ2) is 13.7. The van der Waals surface area contributed by atoms with Crippen LogP contribution in [0.4, 0.5) is 0 Å². The van der Waals surface area contributed by atoms with Gasteiger partial charge in [0.15, 0.2) is 11.5 Å². The zero-order chi connectivity index (χ0) is 31.2. The van der Waals surface area contributed by atoms with E-state index in [2.05, 4.69) is 17.1 Å². The summed E-state index contributed by atoms with van der Waals surface area (Å²) in [5, 5.41) is 1.15. The van der Waals surface area contributed by atoms with Crippen molar-refractivity contribution < 1.29 is 19.1 Å². The van der Waals surface area contributed by atoms with Crippen molar-refractivity contribution in [1.29, 1.82) is 0 Å². The highest BCUT2D eigenvalue weighted by Crippen LogP contribution is 2.34. The van der Waals surface area contributed by atoms with Gasteiger partial charge < -0.3 is 24.3 Å². The highest BCUT2D eigenvalue weighted by atomic mass is 16.5. The van der Waals surface area contributed by atoms with Crippen molar-refractivity contribution in [3.05, 3.63) is 132 Å². The molecule has 1 saturated carbocycles. The van der Waals surface area contributed by atoms with Crippen molar-refractivity contribution in [3.8, 4) is 11.5 Å². The Hall–Kier alpha value is -5.04. The van der Waals surface area contributed by atoms with E-state index in [0.29, 0.717) is 31.0 Å². The number of carbonyl (C=O) groups is 2. The van der Waals surface area contributed by atoms with Crippen LogP contribution in [-0.4, -0.2) is 59.9 Å². The summed E-state index contributed by atoms with van der Waals surface area (Å²) in [6.07, 6.45) is 4.51. The number of H-pyrrole nitrogens is 1. The van der Waals surface area contributed by atoms with Crippen molar-refractivity contribution in [1.82, 2.24) is 14.8 Å². The predicted octanol–water partition coefficient (Wildman–Crippen LogP) is 6.58. The summed E-state index contributed by atoms with van der Waals surface area (Å²) in [5.74, 6) is 0.653. The number of rotatable bonds is 13. The minimum Gasteiger partial charge on any atom is -0.493 e. The molecule has 0 spiro atoms. The van der Waals surface area contributed by atoms with Crippen molar-refractivity contribution >= 4 is 22.7 Å². The molecular formula is C38H39N3O4. The van der Waals surface area contributed by atoms with Crippen LogP contribution in [-0.2, 0) is 22.6 Å². The fourth-order valence-electron chi connectivity index (χ4n) is 6.04. The number of hydrogen-bond donors (Lipinski definition) is 1. The summed E-state index contributed by atoms with van der Waals surface area (Å²) in [7, 11) is 3.22. The molecule has 45 heavy (non-hydrogen) atoms. The maximum Gasteiger partial charge on any atom is 0.242 e. The van der Waals surface area contributed by atoms with Gasteiger partial charge in [-0.3, -0.25) is 9.59 Å². The van der Waals surface area contributed by atoms with Crippen molar-refractivity contribution in [2.75, 3.05) is 27.3 Å². The normalized spacial score (nSPS) is 12.7. The molecule has 0 bridgehead atoms. The maximum atomic E-state index is 14.4. The highest BCUT2D eigenvalue weighted by molar-refractivity contribution is 5.91. The quantitative estimate of drug-likeness (QED) is 0.166. The van der Waals surface area contributed by atoms with E-state index in [1.165, 1.54) is 0 Å². The van der Waals surface area contributed by atoms with E-state index in [0.717, 1.165) is 46.0 Å². The van der Waals surface area contributed by atoms with Crippen LogP contribution in [0.1, 0.15) is 41.0 Å². The molecule has 0 atom stereocenters. The molecule has 1 aliphatic carbocycles. The van der Waals surface area contributed by atoms with E-state index in [1.54, 1.807) is 14.2 Å². The molecular weight excluding hydrogens is 562 g/mol. The number of amides is 2. The molecule has 0 aliphatic heterocycles. The summed E-state index contributed by atoms with van der Waals surface area (Å²) < 4.78 is 11.0. The fraction of sp³-hybridized carbons (Fsp3) is 0.263. The van der Waals surface area contributed by atoms with E-state index in [-0.39, 0.29) is 24.4 Å². The molecule has 1 aliphatic rings. The molecule has 230 valence electrons. The summed E-state index contributed by atoms with van der Waals surface area (Å²) in [6, 6.07) is 33.7. The second-order valence-corrected chi connectivity index (χ2v) is 11.6. The molecule has 7 heteroatoms. The lowest BCUT2D eigenvalue weighted by Crippen LogP contribution is -2.46. The third-order valence-corrected chi connectivity index (χ3v) is 8.59. The van der Waals surface area contributed by atoms with Gasteiger partial charge in [0.05, 0.1) is 20.1 Å². The van der Waals surface area contributed by atoms with E-state index in [9.17, 15) is 9.59 Å². The average Bonchev–Trinajstić information content (AvgIpc) is 3.85.